The number of rotatable bonds is 2. The lowest BCUT2D eigenvalue weighted by Gasteiger charge is -2.07. The maximum Gasteiger partial charge on any atom is 0.166 e. The van der Waals surface area contributed by atoms with Gasteiger partial charge in [0.2, 0.25) is 0 Å². The van der Waals surface area contributed by atoms with Crippen molar-refractivity contribution in [2.24, 2.45) is 5.92 Å². The van der Waals surface area contributed by atoms with Crippen LogP contribution in [0.3, 0.4) is 0 Å². The molecule has 0 saturated carbocycles. The summed E-state index contributed by atoms with van der Waals surface area (Å²) in [4.78, 5) is 12.4. The standard InChI is InChI=1S/C17H13NO/c18-11-12-5-7-13(8-6-12)17(19)16-9-14-3-1-2-4-15(14)10-16/h1-8,16H,9-10H2. The second-order valence-corrected chi connectivity index (χ2v) is 4.93. The van der Waals surface area contributed by atoms with Crippen LogP contribution in [-0.4, -0.2) is 5.78 Å². The molecule has 2 aromatic carbocycles. The summed E-state index contributed by atoms with van der Waals surface area (Å²) in [7, 11) is 0. The number of benzene rings is 2. The third-order valence-electron chi connectivity index (χ3n) is 3.72. The van der Waals surface area contributed by atoms with Gasteiger partial charge in [-0.25, -0.2) is 0 Å². The summed E-state index contributed by atoms with van der Waals surface area (Å²) >= 11 is 0. The van der Waals surface area contributed by atoms with Crippen molar-refractivity contribution in [1.29, 1.82) is 5.26 Å². The second kappa shape index (κ2) is 4.70. The molecule has 19 heavy (non-hydrogen) atoms. The Morgan fingerprint density at radius 2 is 1.58 bits per heavy atom. The van der Waals surface area contributed by atoms with E-state index in [2.05, 4.69) is 18.2 Å². The maximum absolute atomic E-state index is 12.4. The van der Waals surface area contributed by atoms with E-state index in [1.165, 1.54) is 11.1 Å². The van der Waals surface area contributed by atoms with Crippen molar-refractivity contribution < 1.29 is 4.79 Å². The first-order valence-corrected chi connectivity index (χ1v) is 6.39. The molecule has 0 N–H and O–H groups in total. The van der Waals surface area contributed by atoms with Crippen molar-refractivity contribution in [2.75, 3.05) is 0 Å². The van der Waals surface area contributed by atoms with Crippen molar-refractivity contribution in [1.82, 2.24) is 0 Å². The van der Waals surface area contributed by atoms with Crippen LogP contribution in [0.25, 0.3) is 0 Å². The largest absolute Gasteiger partial charge is 0.294 e. The smallest absolute Gasteiger partial charge is 0.166 e. The van der Waals surface area contributed by atoms with E-state index in [0.717, 1.165) is 12.8 Å². The Labute approximate surface area is 112 Å². The van der Waals surface area contributed by atoms with Crippen molar-refractivity contribution in [2.45, 2.75) is 12.8 Å². The van der Waals surface area contributed by atoms with Gasteiger partial charge >= 0.3 is 0 Å². The molecule has 92 valence electrons. The third kappa shape index (κ3) is 2.15. The SMILES string of the molecule is N#Cc1ccc(C(=O)C2Cc3ccccc3C2)cc1. The van der Waals surface area contributed by atoms with Crippen molar-refractivity contribution in [3.8, 4) is 6.07 Å². The number of nitriles is 1. The number of hydrogen-bond acceptors (Lipinski definition) is 2. The number of hydrogen-bond donors (Lipinski definition) is 0. The lowest BCUT2D eigenvalue weighted by Crippen LogP contribution is -2.14. The van der Waals surface area contributed by atoms with Crippen molar-refractivity contribution >= 4 is 5.78 Å². The van der Waals surface area contributed by atoms with Gasteiger partial charge in [0.15, 0.2) is 5.78 Å². The molecule has 3 rings (SSSR count). The van der Waals surface area contributed by atoms with E-state index in [9.17, 15) is 4.79 Å². The zero-order chi connectivity index (χ0) is 13.2. The Hall–Kier alpha value is -2.40. The predicted molar refractivity (Wildman–Crippen MR) is 72.8 cm³/mol. The molecule has 0 aromatic heterocycles. The predicted octanol–water partition coefficient (Wildman–Crippen LogP) is 3.16. The van der Waals surface area contributed by atoms with Gasteiger partial charge in [-0.15, -0.1) is 0 Å². The first-order valence-electron chi connectivity index (χ1n) is 6.39. The average Bonchev–Trinajstić information content (AvgIpc) is 2.90. The fourth-order valence-electron chi connectivity index (χ4n) is 2.69. The summed E-state index contributed by atoms with van der Waals surface area (Å²) in [5.41, 5.74) is 3.87. The highest BCUT2D eigenvalue weighted by Crippen LogP contribution is 2.28. The summed E-state index contributed by atoms with van der Waals surface area (Å²) in [6.45, 7) is 0. The lowest BCUT2D eigenvalue weighted by atomic mass is 9.94. The van der Waals surface area contributed by atoms with Crippen LogP contribution in [-0.2, 0) is 12.8 Å². The second-order valence-electron chi connectivity index (χ2n) is 4.93. The van der Waals surface area contributed by atoms with E-state index >= 15 is 0 Å². The highest BCUT2D eigenvalue weighted by Gasteiger charge is 2.27. The van der Waals surface area contributed by atoms with E-state index in [1.54, 1.807) is 24.3 Å². The molecule has 2 aromatic rings. The zero-order valence-electron chi connectivity index (χ0n) is 10.5. The minimum absolute atomic E-state index is 0.0466. The van der Waals surface area contributed by atoms with Gasteiger partial charge in [0, 0.05) is 11.5 Å². The normalized spacial score (nSPS) is 13.8. The van der Waals surface area contributed by atoms with Crippen molar-refractivity contribution in [3.63, 3.8) is 0 Å². The number of Topliss-reactive ketones (excluding diaryl/α,β-unsaturated/α-hetero) is 1. The van der Waals surface area contributed by atoms with E-state index in [0.29, 0.717) is 11.1 Å². The van der Waals surface area contributed by atoms with E-state index < -0.39 is 0 Å². The van der Waals surface area contributed by atoms with Crippen LogP contribution in [0.2, 0.25) is 0 Å². The molecule has 1 aliphatic rings. The van der Waals surface area contributed by atoms with Crippen LogP contribution in [0.1, 0.15) is 27.0 Å². The van der Waals surface area contributed by atoms with Crippen LogP contribution >= 0.6 is 0 Å². The molecule has 0 radical (unpaired) electrons. The zero-order valence-corrected chi connectivity index (χ0v) is 10.5. The molecule has 0 atom stereocenters. The molecule has 0 unspecified atom stereocenters. The summed E-state index contributed by atoms with van der Waals surface area (Å²) in [6, 6.07) is 17.2. The van der Waals surface area contributed by atoms with Crippen LogP contribution in [0.5, 0.6) is 0 Å². The Morgan fingerprint density at radius 3 is 2.11 bits per heavy atom. The Bertz CT molecular complexity index is 639. The van der Waals surface area contributed by atoms with Gasteiger partial charge in [-0.1, -0.05) is 36.4 Å². The topological polar surface area (TPSA) is 40.9 Å². The molecule has 0 heterocycles. The fourth-order valence-corrected chi connectivity index (χ4v) is 2.69. The number of ketones is 1. The molecule has 0 fully saturated rings. The highest BCUT2D eigenvalue weighted by atomic mass is 16.1. The highest BCUT2D eigenvalue weighted by molar-refractivity contribution is 5.98. The maximum atomic E-state index is 12.4. The minimum atomic E-state index is 0.0466. The fraction of sp³-hybridized carbons (Fsp3) is 0.176. The molecule has 0 aliphatic heterocycles. The summed E-state index contributed by atoms with van der Waals surface area (Å²) in [6.07, 6.45) is 1.66. The molecule has 0 bridgehead atoms. The summed E-state index contributed by atoms with van der Waals surface area (Å²) < 4.78 is 0. The van der Waals surface area contributed by atoms with Gasteiger partial charge in [0.05, 0.1) is 11.6 Å². The van der Waals surface area contributed by atoms with E-state index in [4.69, 9.17) is 5.26 Å². The minimum Gasteiger partial charge on any atom is -0.294 e. The van der Waals surface area contributed by atoms with Crippen LogP contribution in [0.4, 0.5) is 0 Å². The quantitative estimate of drug-likeness (QED) is 0.765. The third-order valence-corrected chi connectivity index (χ3v) is 3.72. The van der Waals surface area contributed by atoms with Gasteiger partial charge in [0.1, 0.15) is 0 Å². The molecule has 0 amide bonds. The number of carbonyl (C=O) groups is 1. The monoisotopic (exact) mass is 247 g/mol. The van der Waals surface area contributed by atoms with Crippen molar-refractivity contribution in [3.05, 3.63) is 70.8 Å². The molecule has 0 saturated heterocycles. The van der Waals surface area contributed by atoms with Gasteiger partial charge < -0.3 is 0 Å². The molecular weight excluding hydrogens is 234 g/mol. The first kappa shape index (κ1) is 11.7. The Kier molecular flexibility index (Phi) is 2.89. The Morgan fingerprint density at radius 1 is 1.00 bits per heavy atom. The van der Waals surface area contributed by atoms with Gasteiger partial charge in [-0.2, -0.15) is 5.26 Å². The van der Waals surface area contributed by atoms with Crippen LogP contribution < -0.4 is 0 Å². The van der Waals surface area contributed by atoms with E-state index in [1.807, 2.05) is 12.1 Å². The lowest BCUT2D eigenvalue weighted by molar-refractivity contribution is 0.0924. The average molecular weight is 247 g/mol. The molecular formula is C17H13NO. The first-order chi connectivity index (χ1) is 9.28. The van der Waals surface area contributed by atoms with Gasteiger partial charge in [0.25, 0.3) is 0 Å². The number of fused-ring (bicyclic) bond motifs is 1. The Balaban J connectivity index is 1.81. The molecule has 1 aliphatic carbocycles. The number of nitrogens with zero attached hydrogens (tertiary/aromatic N) is 1. The molecule has 0 spiro atoms. The van der Waals surface area contributed by atoms with Gasteiger partial charge in [-0.05, 0) is 36.1 Å². The van der Waals surface area contributed by atoms with Crippen LogP contribution in [0.15, 0.2) is 48.5 Å². The number of carbonyl (C=O) groups excluding carboxylic acids is 1. The molecule has 2 heteroatoms. The van der Waals surface area contributed by atoms with Crippen LogP contribution in [0, 0.1) is 17.2 Å². The summed E-state index contributed by atoms with van der Waals surface area (Å²) in [5, 5.41) is 8.76. The van der Waals surface area contributed by atoms with Gasteiger partial charge in [-0.3, -0.25) is 4.79 Å². The molecule has 2 nitrogen and oxygen atoms in total. The van der Waals surface area contributed by atoms with E-state index in [-0.39, 0.29) is 11.7 Å². The summed E-state index contributed by atoms with van der Waals surface area (Å²) in [5.74, 6) is 0.228.